The highest BCUT2D eigenvalue weighted by molar-refractivity contribution is 5.80. The van der Waals surface area contributed by atoms with Gasteiger partial charge in [0.2, 0.25) is 5.91 Å². The van der Waals surface area contributed by atoms with Crippen molar-refractivity contribution in [2.75, 3.05) is 13.1 Å². The van der Waals surface area contributed by atoms with Crippen molar-refractivity contribution in [3.63, 3.8) is 0 Å². The molecule has 2 heterocycles. The summed E-state index contributed by atoms with van der Waals surface area (Å²) >= 11 is 0. The molecule has 0 spiro atoms. The lowest BCUT2D eigenvalue weighted by atomic mass is 10.2. The van der Waals surface area contributed by atoms with Crippen LogP contribution in [-0.4, -0.2) is 44.7 Å². The van der Waals surface area contributed by atoms with Gasteiger partial charge in [-0.25, -0.2) is 9.67 Å². The van der Waals surface area contributed by atoms with Gasteiger partial charge in [0.05, 0.1) is 0 Å². The van der Waals surface area contributed by atoms with Crippen molar-refractivity contribution >= 4 is 5.91 Å². The van der Waals surface area contributed by atoms with Gasteiger partial charge in [-0.05, 0) is 19.8 Å². The second-order valence-corrected chi connectivity index (χ2v) is 4.11. The Bertz CT molecular complexity index is 350. The molecule has 1 fully saturated rings. The maximum absolute atomic E-state index is 12.2. The Hall–Kier alpha value is -1.43. The molecule has 1 amide bonds. The summed E-state index contributed by atoms with van der Waals surface area (Å²) in [6, 6.07) is -0.104. The van der Waals surface area contributed by atoms with Crippen LogP contribution in [0.4, 0.5) is 0 Å². The van der Waals surface area contributed by atoms with Gasteiger partial charge < -0.3 is 10.6 Å². The largest absolute Gasteiger partial charge is 0.337 e. The fourth-order valence-corrected chi connectivity index (χ4v) is 2.14. The zero-order chi connectivity index (χ0) is 11.5. The fourth-order valence-electron chi connectivity index (χ4n) is 2.14. The van der Waals surface area contributed by atoms with Crippen molar-refractivity contribution in [2.45, 2.75) is 31.8 Å². The predicted molar refractivity (Wildman–Crippen MR) is 58.5 cm³/mol. The van der Waals surface area contributed by atoms with Crippen LogP contribution in [0.15, 0.2) is 12.7 Å². The van der Waals surface area contributed by atoms with Crippen LogP contribution in [0, 0.1) is 0 Å². The standard InChI is InChI=1S/C10H17N5O/c1-8(15-7-12-6-13-15)10(16)14-4-2-3-9(14)5-11/h6-9H,2-5,11H2,1H3. The fraction of sp³-hybridized carbons (Fsp3) is 0.700. The van der Waals surface area contributed by atoms with Gasteiger partial charge in [-0.3, -0.25) is 4.79 Å². The minimum atomic E-state index is -0.297. The molecule has 1 aromatic heterocycles. The van der Waals surface area contributed by atoms with E-state index >= 15 is 0 Å². The summed E-state index contributed by atoms with van der Waals surface area (Å²) < 4.78 is 1.58. The molecule has 6 heteroatoms. The molecule has 0 saturated carbocycles. The number of likely N-dealkylation sites (tertiary alicyclic amines) is 1. The Morgan fingerprint density at radius 2 is 2.50 bits per heavy atom. The average Bonchev–Trinajstić information content (AvgIpc) is 2.97. The Morgan fingerprint density at radius 1 is 1.69 bits per heavy atom. The number of carbonyl (C=O) groups is 1. The second-order valence-electron chi connectivity index (χ2n) is 4.11. The van der Waals surface area contributed by atoms with E-state index < -0.39 is 0 Å². The minimum Gasteiger partial charge on any atom is -0.337 e. The molecule has 0 aromatic carbocycles. The molecule has 1 aliphatic rings. The van der Waals surface area contributed by atoms with Crippen molar-refractivity contribution in [3.05, 3.63) is 12.7 Å². The highest BCUT2D eigenvalue weighted by Crippen LogP contribution is 2.20. The van der Waals surface area contributed by atoms with E-state index in [1.54, 1.807) is 11.0 Å². The van der Waals surface area contributed by atoms with Crippen molar-refractivity contribution in [3.8, 4) is 0 Å². The molecule has 1 saturated heterocycles. The number of amides is 1. The first-order chi connectivity index (χ1) is 7.74. The highest BCUT2D eigenvalue weighted by Gasteiger charge is 2.31. The Kier molecular flexibility index (Phi) is 3.19. The van der Waals surface area contributed by atoms with Crippen LogP contribution >= 0.6 is 0 Å². The van der Waals surface area contributed by atoms with Gasteiger partial charge in [-0.1, -0.05) is 0 Å². The summed E-state index contributed by atoms with van der Waals surface area (Å²) in [6.07, 6.45) is 5.05. The lowest BCUT2D eigenvalue weighted by molar-refractivity contribution is -0.135. The van der Waals surface area contributed by atoms with Crippen LogP contribution in [0.5, 0.6) is 0 Å². The average molecular weight is 223 g/mol. The number of hydrogen-bond donors (Lipinski definition) is 1. The molecular weight excluding hydrogens is 206 g/mol. The molecule has 2 unspecified atom stereocenters. The van der Waals surface area contributed by atoms with Gasteiger partial charge in [0.1, 0.15) is 18.7 Å². The predicted octanol–water partition coefficient (Wildman–Crippen LogP) is -0.211. The number of rotatable bonds is 3. The lowest BCUT2D eigenvalue weighted by Gasteiger charge is -2.26. The van der Waals surface area contributed by atoms with Crippen molar-refractivity contribution in [2.24, 2.45) is 5.73 Å². The van der Waals surface area contributed by atoms with Gasteiger partial charge in [-0.2, -0.15) is 5.10 Å². The van der Waals surface area contributed by atoms with E-state index in [1.165, 1.54) is 6.33 Å². The SMILES string of the molecule is CC(C(=O)N1CCCC1CN)n1cncn1. The number of nitrogens with two attached hydrogens (primary N) is 1. The maximum Gasteiger partial charge on any atom is 0.247 e. The molecule has 1 aromatic rings. The third kappa shape index (κ3) is 1.92. The Morgan fingerprint density at radius 3 is 3.12 bits per heavy atom. The van der Waals surface area contributed by atoms with E-state index in [1.807, 2.05) is 11.8 Å². The molecule has 0 aliphatic carbocycles. The number of carbonyl (C=O) groups excluding carboxylic acids is 1. The zero-order valence-electron chi connectivity index (χ0n) is 9.41. The summed E-state index contributed by atoms with van der Waals surface area (Å²) in [5.41, 5.74) is 5.65. The summed E-state index contributed by atoms with van der Waals surface area (Å²) in [7, 11) is 0. The van der Waals surface area contributed by atoms with Crippen molar-refractivity contribution in [1.82, 2.24) is 19.7 Å². The van der Waals surface area contributed by atoms with Gasteiger partial charge in [0.25, 0.3) is 0 Å². The minimum absolute atomic E-state index is 0.0819. The Balaban J connectivity index is 2.07. The molecule has 0 bridgehead atoms. The molecule has 6 nitrogen and oxygen atoms in total. The van der Waals surface area contributed by atoms with Crippen molar-refractivity contribution in [1.29, 1.82) is 0 Å². The Labute approximate surface area is 94.4 Å². The third-order valence-corrected chi connectivity index (χ3v) is 3.12. The second kappa shape index (κ2) is 4.61. The molecule has 2 N–H and O–H groups in total. The number of hydrogen-bond acceptors (Lipinski definition) is 4. The van der Waals surface area contributed by atoms with E-state index in [0.29, 0.717) is 6.54 Å². The highest BCUT2D eigenvalue weighted by atomic mass is 16.2. The number of nitrogens with zero attached hydrogens (tertiary/aromatic N) is 4. The zero-order valence-corrected chi connectivity index (χ0v) is 9.41. The van der Waals surface area contributed by atoms with Crippen LogP contribution < -0.4 is 5.73 Å². The molecule has 0 radical (unpaired) electrons. The summed E-state index contributed by atoms with van der Waals surface area (Å²) in [6.45, 7) is 3.18. The molecular formula is C10H17N5O. The van der Waals surface area contributed by atoms with Crippen LogP contribution in [0.3, 0.4) is 0 Å². The first kappa shape index (κ1) is 11.1. The van der Waals surface area contributed by atoms with Gasteiger partial charge in [-0.15, -0.1) is 0 Å². The molecule has 16 heavy (non-hydrogen) atoms. The first-order valence-electron chi connectivity index (χ1n) is 5.58. The third-order valence-electron chi connectivity index (χ3n) is 3.12. The van der Waals surface area contributed by atoms with E-state index in [2.05, 4.69) is 10.1 Å². The van der Waals surface area contributed by atoms with Crippen LogP contribution in [0.25, 0.3) is 0 Å². The number of aromatic nitrogens is 3. The van der Waals surface area contributed by atoms with Gasteiger partial charge in [0.15, 0.2) is 0 Å². The normalized spacial score (nSPS) is 22.4. The van der Waals surface area contributed by atoms with Crippen molar-refractivity contribution < 1.29 is 4.79 Å². The summed E-state index contributed by atoms with van der Waals surface area (Å²) in [5, 5.41) is 3.99. The van der Waals surface area contributed by atoms with E-state index in [9.17, 15) is 4.79 Å². The molecule has 88 valence electrons. The smallest absolute Gasteiger partial charge is 0.247 e. The van der Waals surface area contributed by atoms with Crippen LogP contribution in [0.1, 0.15) is 25.8 Å². The molecule has 2 atom stereocenters. The summed E-state index contributed by atoms with van der Waals surface area (Å²) in [5.74, 6) is 0.0819. The molecule has 2 rings (SSSR count). The van der Waals surface area contributed by atoms with E-state index in [4.69, 9.17) is 5.73 Å². The van der Waals surface area contributed by atoms with Gasteiger partial charge in [0, 0.05) is 19.1 Å². The van der Waals surface area contributed by atoms with E-state index in [0.717, 1.165) is 19.4 Å². The first-order valence-corrected chi connectivity index (χ1v) is 5.58. The maximum atomic E-state index is 12.2. The van der Waals surface area contributed by atoms with Gasteiger partial charge >= 0.3 is 0 Å². The quantitative estimate of drug-likeness (QED) is 0.769. The summed E-state index contributed by atoms with van der Waals surface area (Å²) in [4.78, 5) is 17.9. The lowest BCUT2D eigenvalue weighted by Crippen LogP contribution is -2.43. The molecule has 1 aliphatic heterocycles. The van der Waals surface area contributed by atoms with Crippen LogP contribution in [0.2, 0.25) is 0 Å². The van der Waals surface area contributed by atoms with Crippen LogP contribution in [-0.2, 0) is 4.79 Å². The topological polar surface area (TPSA) is 77.0 Å². The monoisotopic (exact) mass is 223 g/mol. The van der Waals surface area contributed by atoms with E-state index in [-0.39, 0.29) is 18.0 Å².